The second-order valence-corrected chi connectivity index (χ2v) is 10.4. The van der Waals surface area contributed by atoms with E-state index in [1.807, 2.05) is 41.3 Å². The van der Waals surface area contributed by atoms with Crippen molar-refractivity contribution in [1.82, 2.24) is 20.0 Å². The van der Waals surface area contributed by atoms with Gasteiger partial charge in [-0.25, -0.2) is 4.79 Å². The first-order valence-corrected chi connectivity index (χ1v) is 13.1. The summed E-state index contributed by atoms with van der Waals surface area (Å²) in [5.74, 6) is 0.757. The standard InChI is InChI=1S/C29H40N4O2/c1-31(2)28(35)30-29(26-15-7-4-8-16-26)17-21-32(22-18-29)19-9-11-24-12-10-20-33(23-24)27(34)25-13-5-3-6-14-25/h3-8,13-16,24H,9-12,17-23H2,1-2H3,(H,30,35). The van der Waals surface area contributed by atoms with Crippen LogP contribution >= 0.6 is 0 Å². The van der Waals surface area contributed by atoms with Gasteiger partial charge in [-0.05, 0) is 68.7 Å². The van der Waals surface area contributed by atoms with Gasteiger partial charge >= 0.3 is 6.03 Å². The Kier molecular flexibility index (Phi) is 8.45. The van der Waals surface area contributed by atoms with E-state index in [0.29, 0.717) is 5.92 Å². The Bertz CT molecular complexity index is 955. The number of rotatable bonds is 7. The fourth-order valence-electron chi connectivity index (χ4n) is 5.57. The van der Waals surface area contributed by atoms with E-state index in [2.05, 4.69) is 34.5 Å². The average Bonchev–Trinajstić information content (AvgIpc) is 2.90. The first kappa shape index (κ1) is 25.2. The third kappa shape index (κ3) is 6.43. The first-order chi connectivity index (χ1) is 17.0. The number of benzene rings is 2. The molecule has 2 aromatic rings. The van der Waals surface area contributed by atoms with Crippen molar-refractivity contribution in [3.05, 3.63) is 71.8 Å². The van der Waals surface area contributed by atoms with Crippen molar-refractivity contribution in [2.45, 2.75) is 44.1 Å². The molecule has 2 fully saturated rings. The lowest BCUT2D eigenvalue weighted by Crippen LogP contribution is -2.55. The largest absolute Gasteiger partial charge is 0.338 e. The maximum atomic E-state index is 12.8. The van der Waals surface area contributed by atoms with Crippen LogP contribution in [0, 0.1) is 5.92 Å². The molecule has 1 unspecified atom stereocenters. The highest BCUT2D eigenvalue weighted by molar-refractivity contribution is 5.94. The van der Waals surface area contributed by atoms with Crippen LogP contribution in [-0.2, 0) is 5.54 Å². The lowest BCUT2D eigenvalue weighted by atomic mass is 9.80. The Balaban J connectivity index is 1.26. The quantitative estimate of drug-likeness (QED) is 0.636. The van der Waals surface area contributed by atoms with Gasteiger partial charge in [0, 0.05) is 45.8 Å². The van der Waals surface area contributed by atoms with Gasteiger partial charge in [-0.1, -0.05) is 48.5 Å². The lowest BCUT2D eigenvalue weighted by Gasteiger charge is -2.43. The SMILES string of the molecule is CN(C)C(=O)NC1(c2ccccc2)CCN(CCCC2CCCN(C(=O)c3ccccc3)C2)CC1. The van der Waals surface area contributed by atoms with Crippen LogP contribution < -0.4 is 5.32 Å². The highest BCUT2D eigenvalue weighted by Gasteiger charge is 2.38. The molecule has 0 aliphatic carbocycles. The molecule has 2 aliphatic rings. The summed E-state index contributed by atoms with van der Waals surface area (Å²) < 4.78 is 0. The van der Waals surface area contributed by atoms with E-state index in [1.165, 1.54) is 12.0 Å². The van der Waals surface area contributed by atoms with Crippen LogP contribution in [0.5, 0.6) is 0 Å². The molecule has 0 saturated carbocycles. The van der Waals surface area contributed by atoms with Gasteiger partial charge in [0.1, 0.15) is 0 Å². The van der Waals surface area contributed by atoms with Crippen molar-refractivity contribution in [2.75, 3.05) is 46.8 Å². The monoisotopic (exact) mass is 476 g/mol. The Hall–Kier alpha value is -2.86. The second-order valence-electron chi connectivity index (χ2n) is 10.4. The molecule has 6 heteroatoms. The van der Waals surface area contributed by atoms with E-state index in [4.69, 9.17) is 0 Å². The summed E-state index contributed by atoms with van der Waals surface area (Å²) in [6.45, 7) is 4.78. The number of nitrogens with zero attached hydrogens (tertiary/aromatic N) is 3. The van der Waals surface area contributed by atoms with Crippen molar-refractivity contribution in [3.63, 3.8) is 0 Å². The molecule has 2 aliphatic heterocycles. The van der Waals surface area contributed by atoms with Crippen molar-refractivity contribution >= 4 is 11.9 Å². The molecular formula is C29H40N4O2. The number of amides is 3. The Morgan fingerprint density at radius 3 is 2.29 bits per heavy atom. The minimum atomic E-state index is -0.305. The number of urea groups is 1. The topological polar surface area (TPSA) is 55.9 Å². The van der Waals surface area contributed by atoms with Gasteiger partial charge in [-0.15, -0.1) is 0 Å². The molecular weight excluding hydrogens is 436 g/mol. The van der Waals surface area contributed by atoms with Crippen LogP contribution in [0.25, 0.3) is 0 Å². The van der Waals surface area contributed by atoms with Crippen LogP contribution in [0.3, 0.4) is 0 Å². The number of carbonyl (C=O) groups is 2. The minimum absolute atomic E-state index is 0.0331. The summed E-state index contributed by atoms with van der Waals surface area (Å²) in [7, 11) is 3.59. The maximum Gasteiger partial charge on any atom is 0.317 e. The molecule has 6 nitrogen and oxygen atoms in total. The van der Waals surface area contributed by atoms with Gasteiger partial charge in [0.05, 0.1) is 5.54 Å². The number of piperidine rings is 2. The number of nitrogens with one attached hydrogen (secondary N) is 1. The van der Waals surface area contributed by atoms with Crippen LogP contribution in [0.15, 0.2) is 60.7 Å². The Morgan fingerprint density at radius 1 is 0.971 bits per heavy atom. The molecule has 188 valence electrons. The zero-order valence-electron chi connectivity index (χ0n) is 21.3. The molecule has 1 N–H and O–H groups in total. The molecule has 4 rings (SSSR count). The Morgan fingerprint density at radius 2 is 1.63 bits per heavy atom. The molecule has 1 atom stereocenters. The zero-order chi connectivity index (χ0) is 24.7. The molecule has 35 heavy (non-hydrogen) atoms. The van der Waals surface area contributed by atoms with Crippen LogP contribution in [0.2, 0.25) is 0 Å². The fraction of sp³-hybridized carbons (Fsp3) is 0.517. The lowest BCUT2D eigenvalue weighted by molar-refractivity contribution is 0.0662. The van der Waals surface area contributed by atoms with Crippen molar-refractivity contribution in [2.24, 2.45) is 5.92 Å². The normalized spacial score (nSPS) is 20.3. The third-order valence-electron chi connectivity index (χ3n) is 7.70. The maximum absolute atomic E-state index is 12.8. The number of likely N-dealkylation sites (tertiary alicyclic amines) is 2. The average molecular weight is 477 g/mol. The highest BCUT2D eigenvalue weighted by Crippen LogP contribution is 2.33. The molecule has 0 aromatic heterocycles. The summed E-state index contributed by atoms with van der Waals surface area (Å²) in [4.78, 5) is 31.6. The molecule has 2 saturated heterocycles. The summed E-state index contributed by atoms with van der Waals surface area (Å²) in [6, 6.07) is 20.0. The molecule has 0 spiro atoms. The molecule has 3 amide bonds. The van der Waals surface area contributed by atoms with E-state index in [9.17, 15) is 9.59 Å². The molecule has 2 aromatic carbocycles. The number of hydrogen-bond acceptors (Lipinski definition) is 3. The fourth-order valence-corrected chi connectivity index (χ4v) is 5.57. The van der Waals surface area contributed by atoms with Gasteiger partial charge in [0.15, 0.2) is 0 Å². The number of carbonyl (C=O) groups excluding carboxylic acids is 2. The summed E-state index contributed by atoms with van der Waals surface area (Å²) >= 11 is 0. The number of hydrogen-bond donors (Lipinski definition) is 1. The van der Waals surface area contributed by atoms with Gasteiger partial charge in [0.25, 0.3) is 5.91 Å². The summed E-state index contributed by atoms with van der Waals surface area (Å²) in [5, 5.41) is 3.33. The predicted octanol–water partition coefficient (Wildman–Crippen LogP) is 4.58. The smallest absolute Gasteiger partial charge is 0.317 e. The molecule has 0 bridgehead atoms. The van der Waals surface area contributed by atoms with E-state index >= 15 is 0 Å². The minimum Gasteiger partial charge on any atom is -0.338 e. The first-order valence-electron chi connectivity index (χ1n) is 13.1. The van der Waals surface area contributed by atoms with Crippen LogP contribution in [0.4, 0.5) is 4.79 Å². The van der Waals surface area contributed by atoms with E-state index in [-0.39, 0.29) is 17.5 Å². The van der Waals surface area contributed by atoms with Gasteiger partial charge in [-0.3, -0.25) is 4.79 Å². The molecule has 2 heterocycles. The van der Waals surface area contributed by atoms with E-state index < -0.39 is 0 Å². The van der Waals surface area contributed by atoms with Crippen molar-refractivity contribution < 1.29 is 9.59 Å². The Labute approximate surface area is 210 Å². The van der Waals surface area contributed by atoms with Crippen molar-refractivity contribution in [1.29, 1.82) is 0 Å². The van der Waals surface area contributed by atoms with Crippen LogP contribution in [0.1, 0.15) is 54.4 Å². The van der Waals surface area contributed by atoms with Gasteiger partial charge < -0.3 is 20.0 Å². The predicted molar refractivity (Wildman–Crippen MR) is 140 cm³/mol. The second kappa shape index (κ2) is 11.7. The highest BCUT2D eigenvalue weighted by atomic mass is 16.2. The van der Waals surface area contributed by atoms with Crippen molar-refractivity contribution in [3.8, 4) is 0 Å². The summed E-state index contributed by atoms with van der Waals surface area (Å²) in [6.07, 6.45) is 6.46. The van der Waals surface area contributed by atoms with Gasteiger partial charge in [0.2, 0.25) is 0 Å². The summed E-state index contributed by atoms with van der Waals surface area (Å²) in [5.41, 5.74) is 1.69. The van der Waals surface area contributed by atoms with Crippen LogP contribution in [-0.4, -0.2) is 73.5 Å². The van der Waals surface area contributed by atoms with E-state index in [0.717, 1.165) is 70.4 Å². The molecule has 0 radical (unpaired) electrons. The zero-order valence-corrected chi connectivity index (χ0v) is 21.3. The third-order valence-corrected chi connectivity index (χ3v) is 7.70. The van der Waals surface area contributed by atoms with Gasteiger partial charge in [-0.2, -0.15) is 0 Å². The van der Waals surface area contributed by atoms with E-state index in [1.54, 1.807) is 19.0 Å².